The number of hydrogen-bond acceptors (Lipinski definition) is 1. The standard InChI is InChI=1S/C17H18BrNO/c1-11-8-13(3)17(15(18)9-11)19-16(20)10-14-7-5-4-6-12(14)2/h4-9H,10H2,1-3H3,(H,19,20). The first-order chi connectivity index (χ1) is 9.47. The summed E-state index contributed by atoms with van der Waals surface area (Å²) in [6.45, 7) is 6.06. The van der Waals surface area contributed by atoms with Crippen molar-refractivity contribution in [3.63, 3.8) is 0 Å². The maximum absolute atomic E-state index is 12.2. The van der Waals surface area contributed by atoms with Crippen molar-refractivity contribution in [3.8, 4) is 0 Å². The molecule has 20 heavy (non-hydrogen) atoms. The fourth-order valence-electron chi connectivity index (χ4n) is 2.24. The van der Waals surface area contributed by atoms with Crippen LogP contribution < -0.4 is 5.32 Å². The van der Waals surface area contributed by atoms with Gasteiger partial charge in [-0.15, -0.1) is 0 Å². The molecule has 1 N–H and O–H groups in total. The molecule has 2 aromatic carbocycles. The molecule has 104 valence electrons. The van der Waals surface area contributed by atoms with Gasteiger partial charge in [-0.2, -0.15) is 0 Å². The molecule has 0 heterocycles. The topological polar surface area (TPSA) is 29.1 Å². The molecule has 2 nitrogen and oxygen atoms in total. The first-order valence-electron chi connectivity index (χ1n) is 6.58. The van der Waals surface area contributed by atoms with E-state index in [-0.39, 0.29) is 5.91 Å². The second-order valence-corrected chi connectivity index (χ2v) is 5.94. The highest BCUT2D eigenvalue weighted by atomic mass is 79.9. The fourth-order valence-corrected chi connectivity index (χ4v) is 3.01. The van der Waals surface area contributed by atoms with E-state index < -0.39 is 0 Å². The summed E-state index contributed by atoms with van der Waals surface area (Å²) < 4.78 is 0.924. The van der Waals surface area contributed by atoms with E-state index in [0.29, 0.717) is 6.42 Å². The van der Waals surface area contributed by atoms with Crippen molar-refractivity contribution in [1.29, 1.82) is 0 Å². The van der Waals surface area contributed by atoms with Crippen LogP contribution in [0.2, 0.25) is 0 Å². The number of carbonyl (C=O) groups is 1. The predicted octanol–water partition coefficient (Wildman–Crippen LogP) is 4.56. The normalized spacial score (nSPS) is 10.4. The van der Waals surface area contributed by atoms with Crippen molar-refractivity contribution in [1.82, 2.24) is 0 Å². The van der Waals surface area contributed by atoms with Gasteiger partial charge in [-0.25, -0.2) is 0 Å². The van der Waals surface area contributed by atoms with Crippen LogP contribution in [0.4, 0.5) is 5.69 Å². The molecular weight excluding hydrogens is 314 g/mol. The second kappa shape index (κ2) is 6.23. The Bertz CT molecular complexity index is 626. The van der Waals surface area contributed by atoms with Crippen LogP contribution in [0.25, 0.3) is 0 Å². The minimum absolute atomic E-state index is 0.00644. The Labute approximate surface area is 128 Å². The summed E-state index contributed by atoms with van der Waals surface area (Å²) in [6, 6.07) is 12.0. The molecule has 0 aliphatic rings. The molecule has 0 unspecified atom stereocenters. The Morgan fingerprint density at radius 2 is 1.80 bits per heavy atom. The number of amides is 1. The van der Waals surface area contributed by atoms with E-state index in [0.717, 1.165) is 26.9 Å². The van der Waals surface area contributed by atoms with E-state index in [1.807, 2.05) is 51.1 Å². The zero-order valence-electron chi connectivity index (χ0n) is 12.0. The molecule has 0 aliphatic carbocycles. The lowest BCUT2D eigenvalue weighted by molar-refractivity contribution is -0.115. The van der Waals surface area contributed by atoms with Gasteiger partial charge in [0.2, 0.25) is 5.91 Å². The van der Waals surface area contributed by atoms with Crippen LogP contribution in [0.15, 0.2) is 40.9 Å². The number of carbonyl (C=O) groups excluding carboxylic acids is 1. The lowest BCUT2D eigenvalue weighted by atomic mass is 10.1. The van der Waals surface area contributed by atoms with Crippen molar-refractivity contribution in [3.05, 3.63) is 63.1 Å². The number of benzene rings is 2. The molecule has 1 amide bonds. The van der Waals surface area contributed by atoms with Crippen LogP contribution >= 0.6 is 15.9 Å². The van der Waals surface area contributed by atoms with Crippen LogP contribution in [-0.2, 0) is 11.2 Å². The maximum Gasteiger partial charge on any atom is 0.228 e. The predicted molar refractivity (Wildman–Crippen MR) is 87.1 cm³/mol. The van der Waals surface area contributed by atoms with Gasteiger partial charge >= 0.3 is 0 Å². The van der Waals surface area contributed by atoms with Crippen molar-refractivity contribution in [2.75, 3.05) is 5.32 Å². The van der Waals surface area contributed by atoms with Gasteiger partial charge in [0.25, 0.3) is 0 Å². The van der Waals surface area contributed by atoms with Gasteiger partial charge in [0.1, 0.15) is 0 Å². The number of aryl methyl sites for hydroxylation is 3. The van der Waals surface area contributed by atoms with Crippen molar-refractivity contribution in [2.24, 2.45) is 0 Å². The van der Waals surface area contributed by atoms with Gasteiger partial charge in [-0.1, -0.05) is 30.3 Å². The zero-order valence-corrected chi connectivity index (χ0v) is 13.5. The molecule has 0 aliphatic heterocycles. The smallest absolute Gasteiger partial charge is 0.228 e. The minimum atomic E-state index is 0.00644. The second-order valence-electron chi connectivity index (χ2n) is 5.09. The highest BCUT2D eigenvalue weighted by molar-refractivity contribution is 9.10. The Kier molecular flexibility index (Phi) is 4.61. The van der Waals surface area contributed by atoms with Crippen molar-refractivity contribution < 1.29 is 4.79 Å². The largest absolute Gasteiger partial charge is 0.325 e. The molecule has 0 aromatic heterocycles. The highest BCUT2D eigenvalue weighted by Gasteiger charge is 2.10. The number of hydrogen-bond donors (Lipinski definition) is 1. The molecule has 0 atom stereocenters. The summed E-state index contributed by atoms with van der Waals surface area (Å²) in [5.74, 6) is 0.00644. The Morgan fingerprint density at radius 1 is 1.10 bits per heavy atom. The molecular formula is C17H18BrNO. The van der Waals surface area contributed by atoms with Gasteiger partial charge in [0, 0.05) is 4.47 Å². The van der Waals surface area contributed by atoms with Crippen LogP contribution in [0, 0.1) is 20.8 Å². The van der Waals surface area contributed by atoms with Gasteiger partial charge in [-0.3, -0.25) is 4.79 Å². The molecule has 0 bridgehead atoms. The van der Waals surface area contributed by atoms with E-state index in [4.69, 9.17) is 0 Å². The van der Waals surface area contributed by atoms with E-state index in [2.05, 4.69) is 27.3 Å². The maximum atomic E-state index is 12.2. The summed E-state index contributed by atoms with van der Waals surface area (Å²) in [5, 5.41) is 3.00. The summed E-state index contributed by atoms with van der Waals surface area (Å²) in [7, 11) is 0. The van der Waals surface area contributed by atoms with Gasteiger partial charge in [-0.05, 0) is 65.0 Å². The van der Waals surface area contributed by atoms with Crippen LogP contribution in [0.5, 0.6) is 0 Å². The number of halogens is 1. The lowest BCUT2D eigenvalue weighted by Crippen LogP contribution is -2.16. The number of anilines is 1. The zero-order chi connectivity index (χ0) is 14.7. The third-order valence-corrected chi connectivity index (χ3v) is 3.93. The first-order valence-corrected chi connectivity index (χ1v) is 7.38. The summed E-state index contributed by atoms with van der Waals surface area (Å²) in [4.78, 5) is 12.2. The van der Waals surface area contributed by atoms with Crippen LogP contribution in [0.3, 0.4) is 0 Å². The molecule has 0 radical (unpaired) electrons. The van der Waals surface area contributed by atoms with Crippen molar-refractivity contribution >= 4 is 27.5 Å². The Hall–Kier alpha value is -1.61. The average molecular weight is 332 g/mol. The quantitative estimate of drug-likeness (QED) is 0.877. The van der Waals surface area contributed by atoms with Gasteiger partial charge in [0.05, 0.1) is 12.1 Å². The minimum Gasteiger partial charge on any atom is -0.325 e. The Morgan fingerprint density at radius 3 is 2.45 bits per heavy atom. The lowest BCUT2D eigenvalue weighted by Gasteiger charge is -2.12. The molecule has 3 heteroatoms. The van der Waals surface area contributed by atoms with Crippen LogP contribution in [-0.4, -0.2) is 5.91 Å². The SMILES string of the molecule is Cc1cc(C)c(NC(=O)Cc2ccccc2C)c(Br)c1. The Balaban J connectivity index is 2.15. The average Bonchev–Trinajstić information content (AvgIpc) is 2.36. The summed E-state index contributed by atoms with van der Waals surface area (Å²) in [5.41, 5.74) is 5.30. The van der Waals surface area contributed by atoms with E-state index in [1.54, 1.807) is 0 Å². The first kappa shape index (κ1) is 14.8. The number of rotatable bonds is 3. The monoisotopic (exact) mass is 331 g/mol. The third-order valence-electron chi connectivity index (χ3n) is 3.31. The third kappa shape index (κ3) is 3.48. The van der Waals surface area contributed by atoms with E-state index in [9.17, 15) is 4.79 Å². The summed E-state index contributed by atoms with van der Waals surface area (Å²) >= 11 is 3.51. The molecule has 2 aromatic rings. The molecule has 0 saturated carbocycles. The van der Waals surface area contributed by atoms with Gasteiger partial charge in [0.15, 0.2) is 0 Å². The van der Waals surface area contributed by atoms with E-state index >= 15 is 0 Å². The molecule has 0 fully saturated rings. The molecule has 2 rings (SSSR count). The fraction of sp³-hybridized carbons (Fsp3) is 0.235. The van der Waals surface area contributed by atoms with Crippen LogP contribution in [0.1, 0.15) is 22.3 Å². The van der Waals surface area contributed by atoms with Crippen molar-refractivity contribution in [2.45, 2.75) is 27.2 Å². The molecule has 0 saturated heterocycles. The molecule has 0 spiro atoms. The van der Waals surface area contributed by atoms with E-state index in [1.165, 1.54) is 5.56 Å². The highest BCUT2D eigenvalue weighted by Crippen LogP contribution is 2.28. The van der Waals surface area contributed by atoms with Gasteiger partial charge < -0.3 is 5.32 Å². The number of nitrogens with one attached hydrogen (secondary N) is 1. The summed E-state index contributed by atoms with van der Waals surface area (Å²) in [6.07, 6.45) is 0.395.